The Kier molecular flexibility index (Phi) is 4.46. The van der Waals surface area contributed by atoms with E-state index in [0.717, 1.165) is 33.3 Å². The maximum Gasteiger partial charge on any atom is 0.224 e. The molecule has 0 saturated carbocycles. The van der Waals surface area contributed by atoms with E-state index in [2.05, 4.69) is 32.1 Å². The summed E-state index contributed by atoms with van der Waals surface area (Å²) in [7, 11) is 3.90. The number of para-hydroxylation sites is 1. The molecule has 0 aliphatic heterocycles. The Balaban J connectivity index is 1.44. The first-order valence-corrected chi connectivity index (χ1v) is 8.84. The molecule has 0 saturated heterocycles. The summed E-state index contributed by atoms with van der Waals surface area (Å²) in [5.41, 5.74) is 5.10. The highest BCUT2D eigenvalue weighted by molar-refractivity contribution is 5.89. The molecule has 1 amide bonds. The highest BCUT2D eigenvalue weighted by Gasteiger charge is 2.11. The van der Waals surface area contributed by atoms with Gasteiger partial charge < -0.3 is 9.88 Å². The number of aryl methyl sites for hydroxylation is 2. The minimum atomic E-state index is -0.00251. The maximum atomic E-state index is 12.5. The summed E-state index contributed by atoms with van der Waals surface area (Å²) in [6, 6.07) is 12.1. The van der Waals surface area contributed by atoms with Crippen LogP contribution >= 0.6 is 0 Å². The van der Waals surface area contributed by atoms with Gasteiger partial charge in [-0.15, -0.1) is 0 Å². The molecule has 3 aromatic heterocycles. The molecular formula is C21H21N5O. The lowest BCUT2D eigenvalue weighted by Crippen LogP contribution is -2.24. The summed E-state index contributed by atoms with van der Waals surface area (Å²) in [5, 5.41) is 8.31. The van der Waals surface area contributed by atoms with Crippen molar-refractivity contribution in [2.45, 2.75) is 13.0 Å². The molecule has 0 spiro atoms. The average molecular weight is 359 g/mol. The van der Waals surface area contributed by atoms with Crippen molar-refractivity contribution in [2.75, 3.05) is 0 Å². The predicted molar refractivity (Wildman–Crippen MR) is 105 cm³/mol. The van der Waals surface area contributed by atoms with Crippen LogP contribution in [0.3, 0.4) is 0 Å². The lowest BCUT2D eigenvalue weighted by atomic mass is 10.1. The zero-order valence-electron chi connectivity index (χ0n) is 15.4. The molecule has 4 aromatic rings. The molecular weight excluding hydrogens is 338 g/mol. The van der Waals surface area contributed by atoms with Gasteiger partial charge in [0.1, 0.15) is 0 Å². The molecule has 136 valence electrons. The van der Waals surface area contributed by atoms with Crippen LogP contribution in [0.15, 0.2) is 61.2 Å². The second-order valence-corrected chi connectivity index (χ2v) is 6.66. The Labute approximate surface area is 157 Å². The number of aromatic nitrogens is 4. The van der Waals surface area contributed by atoms with Gasteiger partial charge in [-0.25, -0.2) is 0 Å². The van der Waals surface area contributed by atoms with Crippen LogP contribution in [0, 0.1) is 0 Å². The molecule has 4 rings (SSSR count). The second-order valence-electron chi connectivity index (χ2n) is 6.66. The number of nitrogens with one attached hydrogen (secondary N) is 1. The molecule has 0 unspecified atom stereocenters. The highest BCUT2D eigenvalue weighted by atomic mass is 16.1. The zero-order valence-corrected chi connectivity index (χ0v) is 15.4. The van der Waals surface area contributed by atoms with E-state index >= 15 is 0 Å². The van der Waals surface area contributed by atoms with Gasteiger partial charge in [-0.05, 0) is 29.3 Å². The molecule has 6 heteroatoms. The van der Waals surface area contributed by atoms with Gasteiger partial charge in [-0.3, -0.25) is 14.5 Å². The normalized spacial score (nSPS) is 11.0. The molecule has 6 nitrogen and oxygen atoms in total. The van der Waals surface area contributed by atoms with Crippen LogP contribution in [0.1, 0.15) is 11.1 Å². The number of rotatable bonds is 5. The molecule has 0 aliphatic carbocycles. The molecule has 1 aromatic carbocycles. The fourth-order valence-corrected chi connectivity index (χ4v) is 3.38. The van der Waals surface area contributed by atoms with E-state index in [1.807, 2.05) is 44.6 Å². The smallest absolute Gasteiger partial charge is 0.224 e. The van der Waals surface area contributed by atoms with Crippen LogP contribution in [0.5, 0.6) is 0 Å². The Morgan fingerprint density at radius 2 is 2.00 bits per heavy atom. The molecule has 0 bridgehead atoms. The van der Waals surface area contributed by atoms with E-state index in [0.29, 0.717) is 13.0 Å². The maximum absolute atomic E-state index is 12.5. The minimum absolute atomic E-state index is 0.00251. The van der Waals surface area contributed by atoms with Gasteiger partial charge in [0, 0.05) is 61.9 Å². The number of amides is 1. The van der Waals surface area contributed by atoms with Crippen molar-refractivity contribution in [2.24, 2.45) is 14.1 Å². The van der Waals surface area contributed by atoms with Crippen molar-refractivity contribution in [3.05, 3.63) is 72.3 Å². The quantitative estimate of drug-likeness (QED) is 0.596. The lowest BCUT2D eigenvalue weighted by molar-refractivity contribution is -0.120. The van der Waals surface area contributed by atoms with Crippen LogP contribution in [0.4, 0.5) is 0 Å². The number of pyridine rings is 1. The van der Waals surface area contributed by atoms with Crippen molar-refractivity contribution in [3.63, 3.8) is 0 Å². The Hall–Kier alpha value is -3.41. The number of hydrogen-bond donors (Lipinski definition) is 1. The van der Waals surface area contributed by atoms with Crippen LogP contribution in [0.2, 0.25) is 0 Å². The van der Waals surface area contributed by atoms with Crippen molar-refractivity contribution >= 4 is 16.8 Å². The van der Waals surface area contributed by atoms with Crippen LogP contribution < -0.4 is 5.32 Å². The Bertz CT molecular complexity index is 1110. The first-order chi connectivity index (χ1) is 13.1. The summed E-state index contributed by atoms with van der Waals surface area (Å²) in [5.74, 6) is -0.00251. The van der Waals surface area contributed by atoms with Gasteiger partial charge in [-0.1, -0.05) is 18.2 Å². The number of carbonyl (C=O) groups is 1. The van der Waals surface area contributed by atoms with Gasteiger partial charge in [0.2, 0.25) is 5.91 Å². The van der Waals surface area contributed by atoms with E-state index in [9.17, 15) is 4.79 Å². The van der Waals surface area contributed by atoms with Gasteiger partial charge >= 0.3 is 0 Å². The Morgan fingerprint density at radius 1 is 1.15 bits per heavy atom. The largest absolute Gasteiger partial charge is 0.352 e. The first-order valence-electron chi connectivity index (χ1n) is 8.84. The SMILES string of the molecule is Cn1nccc1-c1cncc(CNC(=O)Cc2cn(C)c3ccccc23)c1. The van der Waals surface area contributed by atoms with E-state index in [-0.39, 0.29) is 5.91 Å². The molecule has 0 radical (unpaired) electrons. The first kappa shape index (κ1) is 17.0. The number of carbonyl (C=O) groups excluding carboxylic acids is 1. The highest BCUT2D eigenvalue weighted by Crippen LogP contribution is 2.21. The van der Waals surface area contributed by atoms with Crippen molar-refractivity contribution in [1.29, 1.82) is 0 Å². The summed E-state index contributed by atoms with van der Waals surface area (Å²) in [6.07, 6.45) is 7.72. The molecule has 3 heterocycles. The number of hydrogen-bond acceptors (Lipinski definition) is 3. The van der Waals surface area contributed by atoms with E-state index in [1.54, 1.807) is 23.3 Å². The third-order valence-corrected chi connectivity index (χ3v) is 4.73. The summed E-state index contributed by atoms with van der Waals surface area (Å²) >= 11 is 0. The number of nitrogens with zero attached hydrogens (tertiary/aromatic N) is 4. The van der Waals surface area contributed by atoms with Crippen LogP contribution in [0.25, 0.3) is 22.2 Å². The second kappa shape index (κ2) is 7.07. The van der Waals surface area contributed by atoms with Gasteiger partial charge in [0.05, 0.1) is 12.1 Å². The van der Waals surface area contributed by atoms with Gasteiger partial charge in [0.15, 0.2) is 0 Å². The predicted octanol–water partition coefficient (Wildman–Crippen LogP) is 2.83. The number of benzene rings is 1. The van der Waals surface area contributed by atoms with Crippen molar-refractivity contribution < 1.29 is 4.79 Å². The standard InChI is InChI=1S/C21H21N5O/c1-25-14-17(18-5-3-4-6-20(18)25)10-21(27)23-12-15-9-16(13-22-11-15)19-7-8-24-26(19)2/h3-9,11,13-14H,10,12H2,1-2H3,(H,23,27). The Morgan fingerprint density at radius 3 is 2.81 bits per heavy atom. The molecule has 0 aliphatic rings. The lowest BCUT2D eigenvalue weighted by Gasteiger charge is -2.07. The third-order valence-electron chi connectivity index (χ3n) is 4.73. The van der Waals surface area contributed by atoms with Crippen molar-refractivity contribution in [1.82, 2.24) is 24.6 Å². The van der Waals surface area contributed by atoms with Crippen LogP contribution in [-0.2, 0) is 31.9 Å². The fraction of sp³-hybridized carbons (Fsp3) is 0.190. The summed E-state index contributed by atoms with van der Waals surface area (Å²) in [4.78, 5) is 16.7. The summed E-state index contributed by atoms with van der Waals surface area (Å²) < 4.78 is 3.86. The molecule has 27 heavy (non-hydrogen) atoms. The average Bonchev–Trinajstić information content (AvgIpc) is 3.24. The van der Waals surface area contributed by atoms with Gasteiger partial charge in [-0.2, -0.15) is 5.10 Å². The van der Waals surface area contributed by atoms with Crippen LogP contribution in [-0.4, -0.2) is 25.2 Å². The molecule has 0 atom stereocenters. The van der Waals surface area contributed by atoms with E-state index in [1.165, 1.54) is 0 Å². The fourth-order valence-electron chi connectivity index (χ4n) is 3.38. The van der Waals surface area contributed by atoms with E-state index < -0.39 is 0 Å². The number of fused-ring (bicyclic) bond motifs is 1. The molecule has 1 N–H and O–H groups in total. The zero-order chi connectivity index (χ0) is 18.8. The van der Waals surface area contributed by atoms with Gasteiger partial charge in [0.25, 0.3) is 0 Å². The van der Waals surface area contributed by atoms with E-state index in [4.69, 9.17) is 0 Å². The minimum Gasteiger partial charge on any atom is -0.352 e. The topological polar surface area (TPSA) is 64.7 Å². The summed E-state index contributed by atoms with van der Waals surface area (Å²) in [6.45, 7) is 0.447. The monoisotopic (exact) mass is 359 g/mol. The third kappa shape index (κ3) is 3.46. The van der Waals surface area contributed by atoms with Crippen molar-refractivity contribution in [3.8, 4) is 11.3 Å². The molecule has 0 fully saturated rings.